The van der Waals surface area contributed by atoms with Crippen LogP contribution < -0.4 is 5.73 Å². The van der Waals surface area contributed by atoms with E-state index in [1.54, 1.807) is 6.07 Å². The molecular formula is C9H11NO5S. The monoisotopic (exact) mass is 245 g/mol. The van der Waals surface area contributed by atoms with Gasteiger partial charge in [-0.2, -0.15) is 11.8 Å². The first-order valence-corrected chi connectivity index (χ1v) is 5.54. The summed E-state index contributed by atoms with van der Waals surface area (Å²) >= 11 is 1.28. The van der Waals surface area contributed by atoms with Crippen LogP contribution in [0.15, 0.2) is 16.5 Å². The lowest BCUT2D eigenvalue weighted by Crippen LogP contribution is -2.32. The summed E-state index contributed by atoms with van der Waals surface area (Å²) in [4.78, 5) is 20.9. The Balaban J connectivity index is 2.37. The Kier molecular flexibility index (Phi) is 4.39. The van der Waals surface area contributed by atoms with Crippen molar-refractivity contribution in [2.24, 2.45) is 5.73 Å². The molecule has 0 aliphatic carbocycles. The van der Waals surface area contributed by atoms with Crippen LogP contribution >= 0.6 is 11.8 Å². The number of carboxylic acid groups (broad SMARTS) is 2. The van der Waals surface area contributed by atoms with Crippen LogP contribution in [0.1, 0.15) is 16.3 Å². The van der Waals surface area contributed by atoms with Gasteiger partial charge in [-0.15, -0.1) is 0 Å². The van der Waals surface area contributed by atoms with Gasteiger partial charge in [-0.1, -0.05) is 0 Å². The highest BCUT2D eigenvalue weighted by Gasteiger charge is 2.12. The van der Waals surface area contributed by atoms with Gasteiger partial charge in [0.15, 0.2) is 0 Å². The molecule has 1 rings (SSSR count). The van der Waals surface area contributed by atoms with E-state index in [1.165, 1.54) is 17.8 Å². The van der Waals surface area contributed by atoms with Gasteiger partial charge in [0, 0.05) is 5.75 Å². The van der Waals surface area contributed by atoms with Crippen molar-refractivity contribution in [3.05, 3.63) is 23.7 Å². The average molecular weight is 245 g/mol. The molecule has 0 saturated heterocycles. The fourth-order valence-corrected chi connectivity index (χ4v) is 1.80. The number of hydrogen-bond acceptors (Lipinski definition) is 5. The molecule has 0 bridgehead atoms. The maximum Gasteiger partial charge on any atom is 0.371 e. The Morgan fingerprint density at radius 1 is 1.44 bits per heavy atom. The maximum atomic E-state index is 10.5. The largest absolute Gasteiger partial charge is 0.480 e. The number of aliphatic carboxylic acids is 1. The minimum Gasteiger partial charge on any atom is -0.480 e. The number of furan rings is 1. The van der Waals surface area contributed by atoms with Crippen LogP contribution in [-0.4, -0.2) is 33.9 Å². The standard InChI is InChI=1S/C9H11NO5S/c10-6(8(11)12)4-16-3-5-1-2-7(15-5)9(13)14/h1-2,6H,3-4,10H2,(H,11,12)(H,13,14). The van der Waals surface area contributed by atoms with Crippen molar-refractivity contribution >= 4 is 23.7 Å². The number of nitrogens with two attached hydrogens (primary N) is 1. The summed E-state index contributed by atoms with van der Waals surface area (Å²) < 4.78 is 4.98. The van der Waals surface area contributed by atoms with Gasteiger partial charge < -0.3 is 20.4 Å². The minimum atomic E-state index is -1.13. The molecule has 6 nitrogen and oxygen atoms in total. The maximum absolute atomic E-state index is 10.5. The van der Waals surface area contributed by atoms with Crippen molar-refractivity contribution in [1.29, 1.82) is 0 Å². The Morgan fingerprint density at radius 3 is 2.62 bits per heavy atom. The van der Waals surface area contributed by atoms with Crippen LogP contribution in [0.25, 0.3) is 0 Å². The first kappa shape index (κ1) is 12.6. The molecule has 1 aromatic heterocycles. The van der Waals surface area contributed by atoms with Gasteiger partial charge >= 0.3 is 11.9 Å². The molecule has 4 N–H and O–H groups in total. The fraction of sp³-hybridized carbons (Fsp3) is 0.333. The zero-order chi connectivity index (χ0) is 12.1. The second kappa shape index (κ2) is 5.57. The summed E-state index contributed by atoms with van der Waals surface area (Å²) in [6.07, 6.45) is 0. The van der Waals surface area contributed by atoms with E-state index in [1.807, 2.05) is 0 Å². The molecule has 0 aliphatic heterocycles. The molecule has 0 radical (unpaired) electrons. The van der Waals surface area contributed by atoms with Crippen molar-refractivity contribution in [1.82, 2.24) is 0 Å². The molecule has 0 fully saturated rings. The van der Waals surface area contributed by atoms with Gasteiger partial charge in [-0.3, -0.25) is 4.79 Å². The Labute approximate surface area is 95.4 Å². The third kappa shape index (κ3) is 3.59. The quantitative estimate of drug-likeness (QED) is 0.673. The average Bonchev–Trinajstić information content (AvgIpc) is 2.66. The SMILES string of the molecule is NC(CSCc1ccc(C(=O)O)o1)C(=O)O. The number of hydrogen-bond donors (Lipinski definition) is 3. The molecule has 1 unspecified atom stereocenters. The van der Waals surface area contributed by atoms with Gasteiger partial charge in [-0.25, -0.2) is 4.79 Å². The fourth-order valence-electron chi connectivity index (χ4n) is 0.928. The van der Waals surface area contributed by atoms with Crippen LogP contribution in [0.4, 0.5) is 0 Å². The van der Waals surface area contributed by atoms with Crippen LogP contribution in [0.3, 0.4) is 0 Å². The van der Waals surface area contributed by atoms with E-state index in [0.29, 0.717) is 11.5 Å². The molecule has 7 heteroatoms. The molecule has 1 atom stereocenters. The minimum absolute atomic E-state index is 0.127. The van der Waals surface area contributed by atoms with Crippen LogP contribution in [-0.2, 0) is 10.5 Å². The lowest BCUT2D eigenvalue weighted by molar-refractivity contribution is -0.137. The zero-order valence-corrected chi connectivity index (χ0v) is 9.07. The summed E-state index contributed by atoms with van der Waals surface area (Å²) in [5.74, 6) is -1.18. The molecule has 0 amide bonds. The number of carbonyl (C=O) groups is 2. The smallest absolute Gasteiger partial charge is 0.371 e. The van der Waals surface area contributed by atoms with E-state index >= 15 is 0 Å². The van der Waals surface area contributed by atoms with Crippen molar-refractivity contribution in [3.8, 4) is 0 Å². The van der Waals surface area contributed by atoms with E-state index in [2.05, 4.69) is 0 Å². The number of rotatable bonds is 6. The normalized spacial score (nSPS) is 12.3. The third-order valence-corrected chi connectivity index (χ3v) is 2.81. The number of carboxylic acids is 2. The summed E-state index contributed by atoms with van der Waals surface area (Å²) in [6.45, 7) is 0. The van der Waals surface area contributed by atoms with Crippen LogP contribution in [0.5, 0.6) is 0 Å². The Morgan fingerprint density at radius 2 is 2.12 bits per heavy atom. The molecular weight excluding hydrogens is 234 g/mol. The van der Waals surface area contributed by atoms with Crippen molar-refractivity contribution in [2.75, 3.05) is 5.75 Å². The summed E-state index contributed by atoms with van der Waals surface area (Å²) in [5.41, 5.74) is 5.29. The Hall–Kier alpha value is -1.47. The summed E-state index contributed by atoms with van der Waals surface area (Å²) in [6, 6.07) is 1.98. The lowest BCUT2D eigenvalue weighted by atomic mass is 10.4. The second-order valence-electron chi connectivity index (χ2n) is 3.03. The first-order valence-electron chi connectivity index (χ1n) is 4.39. The number of thioether (sulfide) groups is 1. The molecule has 88 valence electrons. The van der Waals surface area contributed by atoms with Gasteiger partial charge in [0.1, 0.15) is 11.8 Å². The molecule has 1 aromatic rings. The molecule has 0 saturated carbocycles. The van der Waals surface area contributed by atoms with E-state index in [0.717, 1.165) is 0 Å². The topological polar surface area (TPSA) is 114 Å². The van der Waals surface area contributed by atoms with Crippen molar-refractivity contribution in [3.63, 3.8) is 0 Å². The van der Waals surface area contributed by atoms with Gasteiger partial charge in [0.2, 0.25) is 5.76 Å². The molecule has 0 aromatic carbocycles. The van der Waals surface area contributed by atoms with Crippen molar-refractivity contribution < 1.29 is 24.2 Å². The highest BCUT2D eigenvalue weighted by molar-refractivity contribution is 7.98. The van der Waals surface area contributed by atoms with Crippen LogP contribution in [0.2, 0.25) is 0 Å². The van der Waals surface area contributed by atoms with E-state index in [-0.39, 0.29) is 11.5 Å². The van der Waals surface area contributed by atoms with Crippen LogP contribution in [0, 0.1) is 0 Å². The lowest BCUT2D eigenvalue weighted by Gasteiger charge is -2.03. The summed E-state index contributed by atoms with van der Waals surface area (Å²) in [7, 11) is 0. The predicted molar refractivity (Wildman–Crippen MR) is 57.4 cm³/mol. The second-order valence-corrected chi connectivity index (χ2v) is 4.06. The van der Waals surface area contributed by atoms with Gasteiger partial charge in [0.25, 0.3) is 0 Å². The third-order valence-electron chi connectivity index (χ3n) is 1.73. The highest BCUT2D eigenvalue weighted by Crippen LogP contribution is 2.15. The van der Waals surface area contributed by atoms with Crippen molar-refractivity contribution in [2.45, 2.75) is 11.8 Å². The van der Waals surface area contributed by atoms with E-state index in [9.17, 15) is 9.59 Å². The predicted octanol–water partition coefficient (Wildman–Crippen LogP) is 0.623. The first-order chi connectivity index (χ1) is 7.50. The summed E-state index contributed by atoms with van der Waals surface area (Å²) in [5, 5.41) is 17.1. The van der Waals surface area contributed by atoms with Gasteiger partial charge in [-0.05, 0) is 12.1 Å². The molecule has 16 heavy (non-hydrogen) atoms. The highest BCUT2D eigenvalue weighted by atomic mass is 32.2. The Bertz CT molecular complexity index is 389. The van der Waals surface area contributed by atoms with E-state index < -0.39 is 18.0 Å². The number of aromatic carboxylic acids is 1. The van der Waals surface area contributed by atoms with Gasteiger partial charge in [0.05, 0.1) is 5.75 Å². The molecule has 0 aliphatic rings. The zero-order valence-electron chi connectivity index (χ0n) is 8.25. The molecule has 1 heterocycles. The molecule has 0 spiro atoms. The van der Waals surface area contributed by atoms with E-state index in [4.69, 9.17) is 20.4 Å².